The SMILES string of the molecule is O=CN[C@@H](CC(=O)O)c1cc(Br)ccc1Cl. The number of halogens is 2. The molecule has 0 bridgehead atoms. The van der Waals surface area contributed by atoms with E-state index in [0.717, 1.165) is 4.47 Å². The fourth-order valence-corrected chi connectivity index (χ4v) is 1.93. The fraction of sp³-hybridized carbons (Fsp3) is 0.200. The number of benzene rings is 1. The van der Waals surface area contributed by atoms with E-state index in [1.165, 1.54) is 0 Å². The maximum atomic E-state index is 10.6. The molecule has 4 nitrogen and oxygen atoms in total. The van der Waals surface area contributed by atoms with Gasteiger partial charge >= 0.3 is 5.97 Å². The van der Waals surface area contributed by atoms with E-state index in [1.807, 2.05) is 0 Å². The highest BCUT2D eigenvalue weighted by Crippen LogP contribution is 2.28. The molecule has 0 heterocycles. The zero-order chi connectivity index (χ0) is 12.1. The Hall–Kier alpha value is -1.07. The molecular formula is C10H9BrClNO3. The molecule has 86 valence electrons. The van der Waals surface area contributed by atoms with Crippen LogP contribution in [0.3, 0.4) is 0 Å². The summed E-state index contributed by atoms with van der Waals surface area (Å²) < 4.78 is 0.773. The first-order valence-corrected chi connectivity index (χ1v) is 5.58. The second-order valence-electron chi connectivity index (χ2n) is 3.10. The minimum atomic E-state index is -1.00. The van der Waals surface area contributed by atoms with Crippen molar-refractivity contribution in [1.29, 1.82) is 0 Å². The molecule has 6 heteroatoms. The molecule has 1 rings (SSSR count). The molecule has 0 aliphatic rings. The number of carboxylic acid groups (broad SMARTS) is 1. The fourth-order valence-electron chi connectivity index (χ4n) is 1.30. The lowest BCUT2D eigenvalue weighted by molar-refractivity contribution is -0.137. The summed E-state index contributed by atoms with van der Waals surface area (Å²) in [6, 6.07) is 4.44. The van der Waals surface area contributed by atoms with E-state index in [-0.39, 0.29) is 6.42 Å². The van der Waals surface area contributed by atoms with Gasteiger partial charge in [-0.15, -0.1) is 0 Å². The number of hydrogen-bond acceptors (Lipinski definition) is 2. The Balaban J connectivity index is 3.03. The van der Waals surface area contributed by atoms with E-state index in [9.17, 15) is 9.59 Å². The first-order chi connectivity index (χ1) is 7.54. The van der Waals surface area contributed by atoms with Crippen molar-refractivity contribution < 1.29 is 14.7 Å². The lowest BCUT2D eigenvalue weighted by Gasteiger charge is -2.16. The van der Waals surface area contributed by atoms with Crippen molar-refractivity contribution in [1.82, 2.24) is 5.32 Å². The number of carboxylic acids is 1. The van der Waals surface area contributed by atoms with Gasteiger partial charge in [0.25, 0.3) is 0 Å². The van der Waals surface area contributed by atoms with Gasteiger partial charge in [-0.05, 0) is 23.8 Å². The summed E-state index contributed by atoms with van der Waals surface area (Å²) in [7, 11) is 0. The molecule has 0 aromatic heterocycles. The van der Waals surface area contributed by atoms with Crippen LogP contribution in [-0.4, -0.2) is 17.5 Å². The van der Waals surface area contributed by atoms with E-state index >= 15 is 0 Å². The highest BCUT2D eigenvalue weighted by atomic mass is 79.9. The van der Waals surface area contributed by atoms with Crippen LogP contribution in [0.15, 0.2) is 22.7 Å². The van der Waals surface area contributed by atoms with Crippen LogP contribution in [-0.2, 0) is 9.59 Å². The van der Waals surface area contributed by atoms with Gasteiger partial charge in [-0.1, -0.05) is 27.5 Å². The number of amides is 1. The Kier molecular flexibility index (Phi) is 4.76. The normalized spacial score (nSPS) is 11.9. The van der Waals surface area contributed by atoms with Gasteiger partial charge in [0, 0.05) is 9.50 Å². The zero-order valence-electron chi connectivity index (χ0n) is 8.11. The van der Waals surface area contributed by atoms with Crippen LogP contribution in [0, 0.1) is 0 Å². The molecule has 0 spiro atoms. The van der Waals surface area contributed by atoms with Gasteiger partial charge in [0.15, 0.2) is 0 Å². The second-order valence-corrected chi connectivity index (χ2v) is 4.42. The number of aliphatic carboxylic acids is 1. The molecule has 0 saturated carbocycles. The van der Waals surface area contributed by atoms with Crippen molar-refractivity contribution in [2.24, 2.45) is 0 Å². The molecule has 2 N–H and O–H groups in total. The first kappa shape index (κ1) is 13.0. The molecule has 1 atom stereocenters. The van der Waals surface area contributed by atoms with Gasteiger partial charge in [0.1, 0.15) is 0 Å². The van der Waals surface area contributed by atoms with Crippen LogP contribution in [0.1, 0.15) is 18.0 Å². The maximum Gasteiger partial charge on any atom is 0.305 e. The molecular weight excluding hydrogens is 297 g/mol. The van der Waals surface area contributed by atoms with Crippen molar-refractivity contribution in [3.8, 4) is 0 Å². The van der Waals surface area contributed by atoms with E-state index in [2.05, 4.69) is 21.2 Å². The van der Waals surface area contributed by atoms with Crippen LogP contribution >= 0.6 is 27.5 Å². The quantitative estimate of drug-likeness (QED) is 0.821. The summed E-state index contributed by atoms with van der Waals surface area (Å²) in [5, 5.41) is 11.6. The minimum Gasteiger partial charge on any atom is -0.481 e. The average molecular weight is 307 g/mol. The monoisotopic (exact) mass is 305 g/mol. The van der Waals surface area contributed by atoms with Gasteiger partial charge in [-0.3, -0.25) is 9.59 Å². The minimum absolute atomic E-state index is 0.213. The van der Waals surface area contributed by atoms with E-state index in [4.69, 9.17) is 16.7 Å². The van der Waals surface area contributed by atoms with Gasteiger partial charge in [0.2, 0.25) is 6.41 Å². The summed E-state index contributed by atoms with van der Waals surface area (Å²) in [5.74, 6) is -1.00. The van der Waals surface area contributed by atoms with Crippen molar-refractivity contribution >= 4 is 39.9 Å². The van der Waals surface area contributed by atoms with Crippen molar-refractivity contribution in [2.45, 2.75) is 12.5 Å². The molecule has 1 amide bonds. The summed E-state index contributed by atoms with van der Waals surface area (Å²) in [5.41, 5.74) is 0.575. The Morgan fingerprint density at radius 1 is 1.62 bits per heavy atom. The number of carbonyl (C=O) groups is 2. The number of nitrogens with one attached hydrogen (secondary N) is 1. The second kappa shape index (κ2) is 5.86. The van der Waals surface area contributed by atoms with Crippen molar-refractivity contribution in [2.75, 3.05) is 0 Å². The van der Waals surface area contributed by atoms with Gasteiger partial charge in [0.05, 0.1) is 12.5 Å². The highest BCUT2D eigenvalue weighted by Gasteiger charge is 2.17. The maximum absolute atomic E-state index is 10.6. The third-order valence-electron chi connectivity index (χ3n) is 1.98. The van der Waals surface area contributed by atoms with E-state index in [0.29, 0.717) is 17.0 Å². The van der Waals surface area contributed by atoms with Crippen molar-refractivity contribution in [3.63, 3.8) is 0 Å². The predicted molar refractivity (Wildman–Crippen MR) is 63.3 cm³/mol. The predicted octanol–water partition coefficient (Wildman–Crippen LogP) is 2.36. The summed E-state index contributed by atoms with van der Waals surface area (Å²) in [4.78, 5) is 21.1. The molecule has 1 aromatic rings. The Bertz CT molecular complexity index is 411. The van der Waals surface area contributed by atoms with Crippen LogP contribution in [0.2, 0.25) is 5.02 Å². The Labute approximate surface area is 106 Å². The lowest BCUT2D eigenvalue weighted by atomic mass is 10.0. The van der Waals surface area contributed by atoms with E-state index in [1.54, 1.807) is 18.2 Å². The third kappa shape index (κ3) is 3.50. The smallest absolute Gasteiger partial charge is 0.305 e. The molecule has 16 heavy (non-hydrogen) atoms. The number of hydrogen-bond donors (Lipinski definition) is 2. The van der Waals surface area contributed by atoms with Gasteiger partial charge in [-0.2, -0.15) is 0 Å². The molecule has 0 aliphatic heterocycles. The summed E-state index contributed by atoms with van der Waals surface area (Å²) in [6.45, 7) is 0. The third-order valence-corrected chi connectivity index (χ3v) is 2.82. The van der Waals surface area contributed by atoms with Crippen LogP contribution in [0.25, 0.3) is 0 Å². The molecule has 0 fully saturated rings. The molecule has 1 aromatic carbocycles. The summed E-state index contributed by atoms with van der Waals surface area (Å²) in [6.07, 6.45) is 0.250. The highest BCUT2D eigenvalue weighted by molar-refractivity contribution is 9.10. The molecule has 0 saturated heterocycles. The number of rotatable bonds is 5. The zero-order valence-corrected chi connectivity index (χ0v) is 10.5. The van der Waals surface area contributed by atoms with Gasteiger partial charge in [-0.25, -0.2) is 0 Å². The van der Waals surface area contributed by atoms with Crippen LogP contribution in [0.4, 0.5) is 0 Å². The van der Waals surface area contributed by atoms with Crippen LogP contribution < -0.4 is 5.32 Å². The number of carbonyl (C=O) groups excluding carboxylic acids is 1. The van der Waals surface area contributed by atoms with Crippen LogP contribution in [0.5, 0.6) is 0 Å². The molecule has 0 radical (unpaired) electrons. The largest absolute Gasteiger partial charge is 0.481 e. The average Bonchev–Trinajstić information content (AvgIpc) is 2.20. The topological polar surface area (TPSA) is 66.4 Å². The lowest BCUT2D eigenvalue weighted by Crippen LogP contribution is -2.22. The first-order valence-electron chi connectivity index (χ1n) is 4.41. The molecule has 0 unspecified atom stereocenters. The van der Waals surface area contributed by atoms with Crippen molar-refractivity contribution in [3.05, 3.63) is 33.3 Å². The Morgan fingerprint density at radius 2 is 2.31 bits per heavy atom. The van der Waals surface area contributed by atoms with Gasteiger partial charge < -0.3 is 10.4 Å². The van der Waals surface area contributed by atoms with E-state index < -0.39 is 12.0 Å². The molecule has 0 aliphatic carbocycles. The Morgan fingerprint density at radius 3 is 2.88 bits per heavy atom. The standard InChI is InChI=1S/C10H9BrClNO3/c11-6-1-2-8(12)7(3-6)9(13-5-14)4-10(15)16/h1-3,5,9H,4H2,(H,13,14)(H,15,16)/t9-/m0/s1. The summed E-state index contributed by atoms with van der Waals surface area (Å²) >= 11 is 9.20.